The molecule has 0 aliphatic heterocycles. The van der Waals surface area contributed by atoms with E-state index in [9.17, 15) is 4.79 Å². The van der Waals surface area contributed by atoms with Crippen molar-refractivity contribution >= 4 is 17.5 Å². The fourth-order valence-corrected chi connectivity index (χ4v) is 2.04. The molecule has 0 aliphatic rings. The zero-order chi connectivity index (χ0) is 15.8. The number of amides is 1. The van der Waals surface area contributed by atoms with E-state index >= 15 is 0 Å². The van der Waals surface area contributed by atoms with Crippen molar-refractivity contribution in [3.63, 3.8) is 0 Å². The molecule has 0 saturated carbocycles. The number of nitrogens with two attached hydrogens (primary N) is 1. The highest BCUT2D eigenvalue weighted by atomic mass is 35.5. The fourth-order valence-electron chi connectivity index (χ4n) is 1.91. The van der Waals surface area contributed by atoms with Crippen LogP contribution in [0.15, 0.2) is 47.1 Å². The van der Waals surface area contributed by atoms with Crippen LogP contribution in [0.3, 0.4) is 0 Å². The summed E-state index contributed by atoms with van der Waals surface area (Å²) in [5.41, 5.74) is 0. The molecule has 5 nitrogen and oxygen atoms in total. The van der Waals surface area contributed by atoms with Gasteiger partial charge < -0.3 is 19.8 Å². The molecule has 1 atom stereocenters. The highest BCUT2D eigenvalue weighted by molar-refractivity contribution is 6.30. The van der Waals surface area contributed by atoms with E-state index in [0.29, 0.717) is 24.7 Å². The summed E-state index contributed by atoms with van der Waals surface area (Å²) in [5.74, 6) is 1.56. The van der Waals surface area contributed by atoms with Gasteiger partial charge in [0.1, 0.15) is 18.4 Å². The predicted octanol–water partition coefficient (Wildman–Crippen LogP) is 1.75. The molecular weight excluding hydrogens is 304 g/mol. The number of ether oxygens (including phenoxy) is 1. The van der Waals surface area contributed by atoms with Gasteiger partial charge in [0.2, 0.25) is 0 Å². The first-order valence-electron chi connectivity index (χ1n) is 7.17. The SMILES string of the molecule is C[C@@H]([NH2+]CC(=O)NCCOc1ccc(Cl)cc1)c1ccco1. The molecule has 0 spiro atoms. The molecule has 1 aromatic heterocycles. The standard InChI is InChI=1S/C16H19ClN2O3/c1-12(15-3-2-9-22-15)19-11-16(20)18-8-10-21-14-6-4-13(17)5-7-14/h2-7,9,12,19H,8,10-11H2,1H3,(H,18,20)/p+1/t12-/m1/s1. The molecule has 2 rings (SSSR count). The highest BCUT2D eigenvalue weighted by Crippen LogP contribution is 2.15. The third-order valence-electron chi connectivity index (χ3n) is 3.16. The topological polar surface area (TPSA) is 68.1 Å². The Morgan fingerprint density at radius 3 is 2.82 bits per heavy atom. The molecular formula is C16H20ClN2O3+. The molecule has 0 radical (unpaired) electrons. The Morgan fingerprint density at radius 2 is 2.14 bits per heavy atom. The van der Waals surface area contributed by atoms with Gasteiger partial charge in [-0.05, 0) is 43.3 Å². The maximum atomic E-state index is 11.7. The third kappa shape index (κ3) is 5.42. The van der Waals surface area contributed by atoms with Crippen molar-refractivity contribution in [3.05, 3.63) is 53.4 Å². The summed E-state index contributed by atoms with van der Waals surface area (Å²) in [6.07, 6.45) is 1.63. The van der Waals surface area contributed by atoms with Crippen LogP contribution >= 0.6 is 11.6 Å². The van der Waals surface area contributed by atoms with Crippen molar-refractivity contribution < 1.29 is 19.3 Å². The van der Waals surface area contributed by atoms with Crippen LogP contribution < -0.4 is 15.4 Å². The van der Waals surface area contributed by atoms with E-state index in [2.05, 4.69) is 5.32 Å². The van der Waals surface area contributed by atoms with Crippen molar-refractivity contribution in [2.75, 3.05) is 19.7 Å². The summed E-state index contributed by atoms with van der Waals surface area (Å²) in [4.78, 5) is 11.7. The largest absolute Gasteiger partial charge is 0.492 e. The van der Waals surface area contributed by atoms with E-state index in [4.69, 9.17) is 20.8 Å². The van der Waals surface area contributed by atoms with Gasteiger partial charge in [-0.15, -0.1) is 0 Å². The summed E-state index contributed by atoms with van der Waals surface area (Å²) in [6.45, 7) is 3.23. The summed E-state index contributed by atoms with van der Waals surface area (Å²) >= 11 is 5.79. The van der Waals surface area contributed by atoms with Crippen molar-refractivity contribution in [2.45, 2.75) is 13.0 Å². The first-order valence-corrected chi connectivity index (χ1v) is 7.55. The van der Waals surface area contributed by atoms with Crippen LogP contribution in [0.4, 0.5) is 0 Å². The van der Waals surface area contributed by atoms with Crippen LogP contribution in [-0.4, -0.2) is 25.6 Å². The maximum absolute atomic E-state index is 11.7. The van der Waals surface area contributed by atoms with Gasteiger partial charge in [-0.1, -0.05) is 11.6 Å². The van der Waals surface area contributed by atoms with Crippen LogP contribution in [0.25, 0.3) is 0 Å². The Labute approximate surface area is 134 Å². The molecule has 22 heavy (non-hydrogen) atoms. The predicted molar refractivity (Wildman–Crippen MR) is 83.9 cm³/mol. The molecule has 1 heterocycles. The first kappa shape index (κ1) is 16.4. The van der Waals surface area contributed by atoms with Crippen LogP contribution in [0.5, 0.6) is 5.75 Å². The fraction of sp³-hybridized carbons (Fsp3) is 0.312. The number of halogens is 1. The number of hydrogen-bond donors (Lipinski definition) is 2. The number of nitrogens with one attached hydrogen (secondary N) is 1. The van der Waals surface area contributed by atoms with Gasteiger partial charge in [0, 0.05) is 5.02 Å². The average Bonchev–Trinajstić information content (AvgIpc) is 3.05. The van der Waals surface area contributed by atoms with Gasteiger partial charge in [-0.3, -0.25) is 4.79 Å². The number of benzene rings is 1. The lowest BCUT2D eigenvalue weighted by Gasteiger charge is -2.09. The van der Waals surface area contributed by atoms with E-state index in [1.807, 2.05) is 24.4 Å². The number of quaternary nitrogens is 1. The van der Waals surface area contributed by atoms with E-state index in [-0.39, 0.29) is 11.9 Å². The van der Waals surface area contributed by atoms with Crippen molar-refractivity contribution in [3.8, 4) is 5.75 Å². The Bertz CT molecular complexity index is 570. The molecule has 0 aliphatic carbocycles. The maximum Gasteiger partial charge on any atom is 0.275 e. The van der Waals surface area contributed by atoms with Crippen LogP contribution in [-0.2, 0) is 4.79 Å². The molecule has 1 aromatic carbocycles. The second-order valence-electron chi connectivity index (χ2n) is 4.90. The van der Waals surface area contributed by atoms with E-state index < -0.39 is 0 Å². The van der Waals surface area contributed by atoms with Crippen molar-refractivity contribution in [1.29, 1.82) is 0 Å². The molecule has 0 bridgehead atoms. The monoisotopic (exact) mass is 323 g/mol. The van der Waals surface area contributed by atoms with Gasteiger partial charge in [0.25, 0.3) is 5.91 Å². The lowest BCUT2D eigenvalue weighted by Crippen LogP contribution is -2.87. The number of carbonyl (C=O) groups is 1. The molecule has 0 unspecified atom stereocenters. The summed E-state index contributed by atoms with van der Waals surface area (Å²) in [5, 5.41) is 5.41. The van der Waals surface area contributed by atoms with E-state index in [0.717, 1.165) is 11.5 Å². The number of hydrogen-bond acceptors (Lipinski definition) is 3. The highest BCUT2D eigenvalue weighted by Gasteiger charge is 2.13. The Hall–Kier alpha value is -1.98. The lowest BCUT2D eigenvalue weighted by molar-refractivity contribution is -0.684. The van der Waals surface area contributed by atoms with Crippen molar-refractivity contribution in [2.24, 2.45) is 0 Å². The summed E-state index contributed by atoms with van der Waals surface area (Å²) < 4.78 is 10.8. The van der Waals surface area contributed by atoms with Gasteiger partial charge >= 0.3 is 0 Å². The molecule has 6 heteroatoms. The van der Waals surface area contributed by atoms with Gasteiger partial charge in [0.15, 0.2) is 12.3 Å². The minimum atomic E-state index is -0.0295. The quantitative estimate of drug-likeness (QED) is 0.727. The summed E-state index contributed by atoms with van der Waals surface area (Å²) in [7, 11) is 0. The normalized spacial score (nSPS) is 11.9. The molecule has 0 fully saturated rings. The minimum Gasteiger partial charge on any atom is -0.492 e. The number of furan rings is 1. The zero-order valence-electron chi connectivity index (χ0n) is 12.4. The average molecular weight is 324 g/mol. The van der Waals surface area contributed by atoms with Gasteiger partial charge in [-0.2, -0.15) is 0 Å². The minimum absolute atomic E-state index is 0.0295. The van der Waals surface area contributed by atoms with Crippen LogP contribution in [0.1, 0.15) is 18.7 Å². The molecule has 1 amide bonds. The van der Waals surface area contributed by atoms with Crippen molar-refractivity contribution in [1.82, 2.24) is 5.32 Å². The lowest BCUT2D eigenvalue weighted by atomic mass is 10.2. The molecule has 0 saturated heterocycles. The Balaban J connectivity index is 1.58. The summed E-state index contributed by atoms with van der Waals surface area (Å²) in [6, 6.07) is 11.0. The second-order valence-corrected chi connectivity index (χ2v) is 5.33. The van der Waals surface area contributed by atoms with Gasteiger partial charge in [0.05, 0.1) is 12.8 Å². The third-order valence-corrected chi connectivity index (χ3v) is 3.41. The van der Waals surface area contributed by atoms with E-state index in [1.54, 1.807) is 30.5 Å². The molecule has 118 valence electrons. The zero-order valence-corrected chi connectivity index (χ0v) is 13.2. The number of rotatable bonds is 8. The van der Waals surface area contributed by atoms with Crippen LogP contribution in [0.2, 0.25) is 5.02 Å². The first-order chi connectivity index (χ1) is 10.6. The number of carbonyl (C=O) groups excluding carboxylic acids is 1. The van der Waals surface area contributed by atoms with Crippen LogP contribution in [0, 0.1) is 0 Å². The Morgan fingerprint density at radius 1 is 1.36 bits per heavy atom. The Kier molecular flexibility index (Phi) is 6.30. The molecule has 3 N–H and O–H groups in total. The smallest absolute Gasteiger partial charge is 0.275 e. The van der Waals surface area contributed by atoms with E-state index in [1.165, 1.54) is 0 Å². The van der Waals surface area contributed by atoms with Gasteiger partial charge in [-0.25, -0.2) is 0 Å². The second kappa shape index (κ2) is 8.46. The molecule has 2 aromatic rings.